The van der Waals surface area contributed by atoms with Crippen LogP contribution in [-0.2, 0) is 9.53 Å². The number of hydrogen-bond acceptors (Lipinski definition) is 7. The molecule has 2 aliphatic rings. The smallest absolute Gasteiger partial charge is 0.286 e. The SMILES string of the molecule is COc1cc(OC)c(OC)cc1C=C1SC(N2CC(C)OC(C)C2)=NC1=O. The standard InChI is InChI=1S/C19H24N2O5S/c1-11-9-21(10-12(2)26-11)19-20-18(22)17(27-19)7-13-6-15(24-4)16(25-5)8-14(13)23-3/h6-8,11-12H,9-10H2,1-5H3. The number of carbonyl (C=O) groups excluding carboxylic acids is 1. The van der Waals surface area contributed by atoms with Gasteiger partial charge in [0.1, 0.15) is 5.75 Å². The van der Waals surface area contributed by atoms with Crippen molar-refractivity contribution in [2.75, 3.05) is 34.4 Å². The molecule has 0 radical (unpaired) electrons. The summed E-state index contributed by atoms with van der Waals surface area (Å²) < 4.78 is 21.9. The van der Waals surface area contributed by atoms with Crippen molar-refractivity contribution >= 4 is 28.9 Å². The number of aliphatic imine (C=N–C) groups is 1. The molecule has 2 heterocycles. The molecular formula is C19H24N2O5S. The average molecular weight is 392 g/mol. The lowest BCUT2D eigenvalue weighted by Crippen LogP contribution is -2.47. The molecule has 7 nitrogen and oxygen atoms in total. The molecule has 0 aliphatic carbocycles. The van der Waals surface area contributed by atoms with Gasteiger partial charge in [-0.25, -0.2) is 0 Å². The first kappa shape index (κ1) is 19.6. The van der Waals surface area contributed by atoms with Crippen LogP contribution in [0.25, 0.3) is 6.08 Å². The number of methoxy groups -OCH3 is 3. The second-order valence-corrected chi connectivity index (χ2v) is 7.43. The number of thioether (sulfide) groups is 1. The highest BCUT2D eigenvalue weighted by atomic mass is 32.2. The Kier molecular flexibility index (Phi) is 5.96. The second kappa shape index (κ2) is 8.22. The summed E-state index contributed by atoms with van der Waals surface area (Å²) in [5.74, 6) is 1.47. The molecule has 8 heteroatoms. The summed E-state index contributed by atoms with van der Waals surface area (Å²) in [6, 6.07) is 3.53. The maximum atomic E-state index is 12.4. The lowest BCUT2D eigenvalue weighted by molar-refractivity contribution is -0.113. The van der Waals surface area contributed by atoms with E-state index in [1.807, 2.05) is 13.8 Å². The van der Waals surface area contributed by atoms with Gasteiger partial charge in [-0.15, -0.1) is 0 Å². The number of ether oxygens (including phenoxy) is 4. The zero-order valence-corrected chi connectivity index (χ0v) is 17.0. The Bertz CT molecular complexity index is 783. The highest BCUT2D eigenvalue weighted by Gasteiger charge is 2.31. The van der Waals surface area contributed by atoms with Gasteiger partial charge in [-0.2, -0.15) is 4.99 Å². The number of morpholine rings is 1. The van der Waals surface area contributed by atoms with Crippen LogP contribution in [0.4, 0.5) is 0 Å². The van der Waals surface area contributed by atoms with Gasteiger partial charge in [0.15, 0.2) is 16.7 Å². The Labute approximate surface area is 163 Å². The number of rotatable bonds is 4. The summed E-state index contributed by atoms with van der Waals surface area (Å²) in [6.45, 7) is 5.48. The van der Waals surface area contributed by atoms with Crippen LogP contribution in [-0.4, -0.2) is 62.6 Å². The third-order valence-electron chi connectivity index (χ3n) is 4.32. The van der Waals surface area contributed by atoms with Crippen LogP contribution in [0.5, 0.6) is 17.2 Å². The number of carbonyl (C=O) groups is 1. The highest BCUT2D eigenvalue weighted by Crippen LogP contribution is 2.38. The van der Waals surface area contributed by atoms with E-state index in [2.05, 4.69) is 9.89 Å². The van der Waals surface area contributed by atoms with E-state index in [0.29, 0.717) is 27.3 Å². The molecule has 3 rings (SSSR count). The van der Waals surface area contributed by atoms with Crippen molar-refractivity contribution < 1.29 is 23.7 Å². The van der Waals surface area contributed by atoms with Crippen molar-refractivity contribution in [1.29, 1.82) is 0 Å². The Morgan fingerprint density at radius 1 is 1.07 bits per heavy atom. The topological polar surface area (TPSA) is 69.6 Å². The lowest BCUT2D eigenvalue weighted by atomic mass is 10.1. The van der Waals surface area contributed by atoms with Crippen LogP contribution in [0.1, 0.15) is 19.4 Å². The molecule has 1 amide bonds. The van der Waals surface area contributed by atoms with Crippen LogP contribution in [0.2, 0.25) is 0 Å². The Balaban J connectivity index is 1.86. The van der Waals surface area contributed by atoms with Crippen LogP contribution < -0.4 is 14.2 Å². The molecule has 1 fully saturated rings. The Morgan fingerprint density at radius 3 is 2.26 bits per heavy atom. The number of hydrogen-bond donors (Lipinski definition) is 0. The molecule has 0 saturated carbocycles. The van der Waals surface area contributed by atoms with Gasteiger partial charge in [-0.1, -0.05) is 0 Å². The quantitative estimate of drug-likeness (QED) is 0.730. The van der Waals surface area contributed by atoms with Crippen molar-refractivity contribution in [3.05, 3.63) is 22.6 Å². The summed E-state index contributed by atoms with van der Waals surface area (Å²) in [5, 5.41) is 0.715. The van der Waals surface area contributed by atoms with E-state index < -0.39 is 0 Å². The average Bonchev–Trinajstić information content (AvgIpc) is 3.01. The molecule has 0 N–H and O–H groups in total. The molecular weight excluding hydrogens is 368 g/mol. The van der Waals surface area contributed by atoms with Crippen LogP contribution in [0.15, 0.2) is 22.0 Å². The largest absolute Gasteiger partial charge is 0.496 e. The molecule has 1 aromatic rings. The number of amides is 1. The van der Waals surface area contributed by atoms with E-state index in [1.54, 1.807) is 39.5 Å². The zero-order chi connectivity index (χ0) is 19.6. The first-order valence-electron chi connectivity index (χ1n) is 8.68. The first-order valence-corrected chi connectivity index (χ1v) is 9.49. The van der Waals surface area contributed by atoms with E-state index in [9.17, 15) is 4.79 Å². The molecule has 2 unspecified atom stereocenters. The lowest BCUT2D eigenvalue weighted by Gasteiger charge is -2.35. The zero-order valence-electron chi connectivity index (χ0n) is 16.1. The van der Waals surface area contributed by atoms with Crippen molar-refractivity contribution in [3.63, 3.8) is 0 Å². The Morgan fingerprint density at radius 2 is 1.67 bits per heavy atom. The molecule has 1 aromatic carbocycles. The Hall–Kier alpha value is -2.19. The van der Waals surface area contributed by atoms with Gasteiger partial charge in [-0.3, -0.25) is 4.79 Å². The maximum Gasteiger partial charge on any atom is 0.286 e. The molecule has 1 saturated heterocycles. The molecule has 0 spiro atoms. The fourth-order valence-corrected chi connectivity index (χ4v) is 4.10. The van der Waals surface area contributed by atoms with E-state index in [-0.39, 0.29) is 18.1 Å². The molecule has 27 heavy (non-hydrogen) atoms. The van der Waals surface area contributed by atoms with Gasteiger partial charge in [0.05, 0.1) is 38.4 Å². The third-order valence-corrected chi connectivity index (χ3v) is 5.37. The fraction of sp³-hybridized carbons (Fsp3) is 0.474. The predicted molar refractivity (Wildman–Crippen MR) is 106 cm³/mol. The molecule has 0 aromatic heterocycles. The third kappa shape index (κ3) is 4.22. The number of amidine groups is 1. The van der Waals surface area contributed by atoms with Crippen molar-refractivity contribution in [2.24, 2.45) is 4.99 Å². The minimum absolute atomic E-state index is 0.103. The van der Waals surface area contributed by atoms with E-state index in [4.69, 9.17) is 18.9 Å². The summed E-state index contributed by atoms with van der Waals surface area (Å²) in [4.78, 5) is 19.3. The summed E-state index contributed by atoms with van der Waals surface area (Å²) >= 11 is 1.37. The second-order valence-electron chi connectivity index (χ2n) is 6.42. The normalized spacial score (nSPS) is 24.2. The van der Waals surface area contributed by atoms with Crippen molar-refractivity contribution in [3.8, 4) is 17.2 Å². The van der Waals surface area contributed by atoms with Gasteiger partial charge in [-0.05, 0) is 37.8 Å². The van der Waals surface area contributed by atoms with Gasteiger partial charge < -0.3 is 23.8 Å². The van der Waals surface area contributed by atoms with Gasteiger partial charge >= 0.3 is 0 Å². The van der Waals surface area contributed by atoms with Gasteiger partial charge in [0.2, 0.25) is 0 Å². The molecule has 2 aliphatic heterocycles. The fourth-order valence-electron chi connectivity index (χ4n) is 3.17. The molecule has 146 valence electrons. The van der Waals surface area contributed by atoms with Gasteiger partial charge in [0.25, 0.3) is 5.91 Å². The summed E-state index contributed by atoms with van der Waals surface area (Å²) in [7, 11) is 4.71. The maximum absolute atomic E-state index is 12.4. The predicted octanol–water partition coefficient (Wildman–Crippen LogP) is 2.79. The number of benzene rings is 1. The minimum Gasteiger partial charge on any atom is -0.496 e. The van der Waals surface area contributed by atoms with Crippen LogP contribution in [0, 0.1) is 0 Å². The summed E-state index contributed by atoms with van der Waals surface area (Å²) in [5.41, 5.74) is 0.728. The molecule has 2 atom stereocenters. The van der Waals surface area contributed by atoms with Gasteiger partial charge in [0, 0.05) is 24.7 Å². The van der Waals surface area contributed by atoms with Crippen LogP contribution >= 0.6 is 11.8 Å². The number of nitrogens with zero attached hydrogens (tertiary/aromatic N) is 2. The monoisotopic (exact) mass is 392 g/mol. The minimum atomic E-state index is -0.251. The highest BCUT2D eigenvalue weighted by molar-refractivity contribution is 8.18. The summed E-state index contributed by atoms with van der Waals surface area (Å²) in [6.07, 6.45) is 1.98. The van der Waals surface area contributed by atoms with Crippen molar-refractivity contribution in [1.82, 2.24) is 4.90 Å². The van der Waals surface area contributed by atoms with E-state index in [1.165, 1.54) is 11.8 Å². The van der Waals surface area contributed by atoms with E-state index >= 15 is 0 Å². The molecule has 0 bridgehead atoms. The van der Waals surface area contributed by atoms with E-state index in [0.717, 1.165) is 18.7 Å². The first-order chi connectivity index (χ1) is 12.9. The van der Waals surface area contributed by atoms with Crippen molar-refractivity contribution in [2.45, 2.75) is 26.1 Å². The van der Waals surface area contributed by atoms with Crippen LogP contribution in [0.3, 0.4) is 0 Å².